The molecule has 1 heterocycles. The van der Waals surface area contributed by atoms with Crippen molar-refractivity contribution in [1.82, 2.24) is 5.32 Å². The molecule has 1 atom stereocenters. The van der Waals surface area contributed by atoms with E-state index in [-0.39, 0.29) is 11.6 Å². The number of rotatable bonds is 2. The largest absolute Gasteiger partial charge is 0.496 e. The zero-order valence-electron chi connectivity index (χ0n) is 11.0. The van der Waals surface area contributed by atoms with E-state index in [0.29, 0.717) is 25.5 Å². The van der Waals surface area contributed by atoms with Gasteiger partial charge in [0.2, 0.25) is 0 Å². The molecule has 1 aromatic carbocycles. The van der Waals surface area contributed by atoms with Gasteiger partial charge >= 0.3 is 12.4 Å². The van der Waals surface area contributed by atoms with Gasteiger partial charge in [0.15, 0.2) is 0 Å². The second-order valence-electron chi connectivity index (χ2n) is 4.78. The summed E-state index contributed by atoms with van der Waals surface area (Å²) >= 11 is 0. The molecule has 0 aromatic heterocycles. The van der Waals surface area contributed by atoms with Crippen LogP contribution in [0.5, 0.6) is 5.75 Å². The second kappa shape index (κ2) is 5.40. The van der Waals surface area contributed by atoms with Crippen LogP contribution in [0.1, 0.15) is 35.6 Å². The van der Waals surface area contributed by atoms with Crippen molar-refractivity contribution in [3.05, 3.63) is 28.8 Å². The van der Waals surface area contributed by atoms with Crippen molar-refractivity contribution < 1.29 is 31.1 Å². The van der Waals surface area contributed by atoms with Crippen LogP contribution in [-0.2, 0) is 12.4 Å². The van der Waals surface area contributed by atoms with Gasteiger partial charge in [-0.15, -0.1) is 0 Å². The highest BCUT2D eigenvalue weighted by Gasteiger charge is 2.41. The number of halogens is 6. The van der Waals surface area contributed by atoms with Crippen LogP contribution in [0.25, 0.3) is 0 Å². The third-order valence-electron chi connectivity index (χ3n) is 3.40. The van der Waals surface area contributed by atoms with Gasteiger partial charge in [0.05, 0.1) is 18.2 Å². The van der Waals surface area contributed by atoms with Crippen molar-refractivity contribution in [2.75, 3.05) is 13.7 Å². The van der Waals surface area contributed by atoms with Gasteiger partial charge in [-0.2, -0.15) is 26.3 Å². The minimum atomic E-state index is -4.88. The lowest BCUT2D eigenvalue weighted by Gasteiger charge is -2.23. The SMILES string of the molecule is COc1cc(C(F)(F)F)cc(C(F)(F)F)c1[C@@H]1CCCN1. The first-order valence-electron chi connectivity index (χ1n) is 6.24. The van der Waals surface area contributed by atoms with Crippen LogP contribution in [0.2, 0.25) is 0 Å². The predicted molar refractivity (Wildman–Crippen MR) is 63.0 cm³/mol. The van der Waals surface area contributed by atoms with Gasteiger partial charge in [0.1, 0.15) is 5.75 Å². The van der Waals surface area contributed by atoms with Crippen molar-refractivity contribution in [1.29, 1.82) is 0 Å². The topological polar surface area (TPSA) is 21.3 Å². The van der Waals surface area contributed by atoms with E-state index in [1.807, 2.05) is 0 Å². The van der Waals surface area contributed by atoms with Gasteiger partial charge in [-0.05, 0) is 31.5 Å². The Bertz CT molecular complexity index is 517. The van der Waals surface area contributed by atoms with Gasteiger partial charge in [0, 0.05) is 11.6 Å². The molecule has 118 valence electrons. The molecular weight excluding hydrogens is 300 g/mol. The van der Waals surface area contributed by atoms with Crippen LogP contribution in [0.15, 0.2) is 12.1 Å². The Labute approximate surface area is 117 Å². The summed E-state index contributed by atoms with van der Waals surface area (Å²) in [5.41, 5.74) is -2.92. The summed E-state index contributed by atoms with van der Waals surface area (Å²) in [6.45, 7) is 0.520. The van der Waals surface area contributed by atoms with Gasteiger partial charge in [-0.25, -0.2) is 0 Å². The Hall–Kier alpha value is -1.44. The lowest BCUT2D eigenvalue weighted by Crippen LogP contribution is -2.21. The molecule has 1 aromatic rings. The summed E-state index contributed by atoms with van der Waals surface area (Å²) < 4.78 is 82.4. The number of hydrogen-bond acceptors (Lipinski definition) is 2. The monoisotopic (exact) mass is 313 g/mol. The predicted octanol–water partition coefficient (Wildman–Crippen LogP) is 4.16. The number of nitrogens with one attached hydrogen (secondary N) is 1. The Kier molecular flexibility index (Phi) is 4.10. The molecule has 1 saturated heterocycles. The van der Waals surface area contributed by atoms with E-state index in [1.165, 1.54) is 0 Å². The standard InChI is InChI=1S/C13H13F6NO/c1-21-10-6-7(12(14,15)16)5-8(13(17,18)19)11(10)9-3-2-4-20-9/h5-6,9,20H,2-4H2,1H3/t9-/m0/s1. The van der Waals surface area contributed by atoms with Crippen LogP contribution in [0.3, 0.4) is 0 Å². The van der Waals surface area contributed by atoms with E-state index in [9.17, 15) is 26.3 Å². The number of methoxy groups -OCH3 is 1. The Morgan fingerprint density at radius 3 is 2.19 bits per heavy atom. The molecule has 0 bridgehead atoms. The summed E-state index contributed by atoms with van der Waals surface area (Å²) in [5.74, 6) is -0.392. The van der Waals surface area contributed by atoms with E-state index in [4.69, 9.17) is 4.74 Å². The molecule has 8 heteroatoms. The van der Waals surface area contributed by atoms with Crippen LogP contribution in [0, 0.1) is 0 Å². The molecule has 0 aliphatic carbocycles. The number of hydrogen-bond donors (Lipinski definition) is 1. The van der Waals surface area contributed by atoms with Crippen molar-refractivity contribution >= 4 is 0 Å². The first-order chi connectivity index (χ1) is 9.64. The van der Waals surface area contributed by atoms with Crippen molar-refractivity contribution in [3.8, 4) is 5.75 Å². The molecule has 1 N–H and O–H groups in total. The molecular formula is C13H13F6NO. The minimum Gasteiger partial charge on any atom is -0.496 e. The first kappa shape index (κ1) is 15.9. The molecule has 0 amide bonds. The Morgan fingerprint density at radius 1 is 1.10 bits per heavy atom. The fourth-order valence-corrected chi connectivity index (χ4v) is 2.48. The molecule has 0 spiro atoms. The highest BCUT2D eigenvalue weighted by atomic mass is 19.4. The van der Waals surface area contributed by atoms with Crippen LogP contribution < -0.4 is 10.1 Å². The number of ether oxygens (including phenoxy) is 1. The molecule has 0 radical (unpaired) electrons. The zero-order chi connectivity index (χ0) is 15.8. The van der Waals surface area contributed by atoms with E-state index in [1.54, 1.807) is 0 Å². The summed E-state index contributed by atoms with van der Waals surface area (Å²) in [7, 11) is 1.06. The Balaban J connectivity index is 2.66. The molecule has 1 aliphatic rings. The highest BCUT2D eigenvalue weighted by Crippen LogP contribution is 2.45. The fraction of sp³-hybridized carbons (Fsp3) is 0.538. The average molecular weight is 313 g/mol. The lowest BCUT2D eigenvalue weighted by atomic mass is 9.95. The summed E-state index contributed by atoms with van der Waals surface area (Å²) in [6, 6.07) is 0.112. The molecule has 2 nitrogen and oxygen atoms in total. The normalized spacial score (nSPS) is 19.9. The number of benzene rings is 1. The van der Waals surface area contributed by atoms with Crippen LogP contribution in [-0.4, -0.2) is 13.7 Å². The quantitative estimate of drug-likeness (QED) is 0.828. The maximum Gasteiger partial charge on any atom is 0.416 e. The molecule has 1 fully saturated rings. The summed E-state index contributed by atoms with van der Waals surface area (Å²) in [5, 5.41) is 2.86. The van der Waals surface area contributed by atoms with Gasteiger partial charge < -0.3 is 10.1 Å². The van der Waals surface area contributed by atoms with Crippen LogP contribution >= 0.6 is 0 Å². The van der Waals surface area contributed by atoms with Crippen molar-refractivity contribution in [2.24, 2.45) is 0 Å². The fourth-order valence-electron chi connectivity index (χ4n) is 2.48. The maximum atomic E-state index is 13.1. The van der Waals surface area contributed by atoms with E-state index in [2.05, 4.69) is 5.32 Å². The molecule has 0 unspecified atom stereocenters. The first-order valence-corrected chi connectivity index (χ1v) is 6.24. The van der Waals surface area contributed by atoms with Crippen molar-refractivity contribution in [3.63, 3.8) is 0 Å². The third kappa shape index (κ3) is 3.25. The van der Waals surface area contributed by atoms with Gasteiger partial charge in [0.25, 0.3) is 0 Å². The second-order valence-corrected chi connectivity index (χ2v) is 4.78. The maximum absolute atomic E-state index is 13.1. The highest BCUT2D eigenvalue weighted by molar-refractivity contribution is 5.48. The number of alkyl halides is 6. The summed E-state index contributed by atoms with van der Waals surface area (Å²) in [6.07, 6.45) is -8.67. The third-order valence-corrected chi connectivity index (χ3v) is 3.40. The van der Waals surface area contributed by atoms with E-state index in [0.717, 1.165) is 7.11 Å². The summed E-state index contributed by atoms with van der Waals surface area (Å²) in [4.78, 5) is 0. The molecule has 1 aliphatic heterocycles. The smallest absolute Gasteiger partial charge is 0.416 e. The lowest BCUT2D eigenvalue weighted by molar-refractivity contribution is -0.143. The zero-order valence-corrected chi connectivity index (χ0v) is 11.0. The average Bonchev–Trinajstić information content (AvgIpc) is 2.88. The molecule has 2 rings (SSSR count). The molecule has 0 saturated carbocycles. The van der Waals surface area contributed by atoms with Crippen molar-refractivity contribution in [2.45, 2.75) is 31.2 Å². The van der Waals surface area contributed by atoms with E-state index >= 15 is 0 Å². The van der Waals surface area contributed by atoms with Gasteiger partial charge in [-0.1, -0.05) is 0 Å². The minimum absolute atomic E-state index is 0.151. The van der Waals surface area contributed by atoms with E-state index < -0.39 is 35.3 Å². The van der Waals surface area contributed by atoms with Crippen LogP contribution in [0.4, 0.5) is 26.3 Å². The Morgan fingerprint density at radius 2 is 1.76 bits per heavy atom. The van der Waals surface area contributed by atoms with Gasteiger partial charge in [-0.3, -0.25) is 0 Å². The molecule has 21 heavy (non-hydrogen) atoms.